The predicted octanol–water partition coefficient (Wildman–Crippen LogP) is 3.93. The Labute approximate surface area is 154 Å². The van der Waals surface area contributed by atoms with Gasteiger partial charge in [-0.2, -0.15) is 0 Å². The average molecular weight is 354 g/mol. The molecule has 2 N–H and O–H groups in total. The monoisotopic (exact) mass is 354 g/mol. The van der Waals surface area contributed by atoms with Gasteiger partial charge in [-0.25, -0.2) is 0 Å². The largest absolute Gasteiger partial charge is 0.494 e. The highest BCUT2D eigenvalue weighted by Crippen LogP contribution is 2.16. The van der Waals surface area contributed by atoms with Crippen LogP contribution in [0.2, 0.25) is 0 Å². The van der Waals surface area contributed by atoms with Crippen molar-refractivity contribution in [2.24, 2.45) is 0 Å². The second-order valence-corrected chi connectivity index (χ2v) is 6.49. The second kappa shape index (κ2) is 9.61. The van der Waals surface area contributed by atoms with E-state index in [0.29, 0.717) is 30.7 Å². The fourth-order valence-electron chi connectivity index (χ4n) is 2.40. The van der Waals surface area contributed by atoms with E-state index in [9.17, 15) is 9.59 Å². The Balaban J connectivity index is 1.82. The van der Waals surface area contributed by atoms with Gasteiger partial charge in [0.1, 0.15) is 5.75 Å². The van der Waals surface area contributed by atoms with Crippen molar-refractivity contribution in [3.8, 4) is 5.75 Å². The van der Waals surface area contributed by atoms with Crippen LogP contribution in [-0.4, -0.2) is 24.5 Å². The SMILES string of the molecule is Cc1ccc(OCCCC(=O)Nc2ccccc2C(=O)NC(C)C)cc1. The van der Waals surface area contributed by atoms with Crippen LogP contribution in [-0.2, 0) is 4.79 Å². The third kappa shape index (κ3) is 6.24. The van der Waals surface area contributed by atoms with E-state index in [4.69, 9.17) is 4.74 Å². The summed E-state index contributed by atoms with van der Waals surface area (Å²) < 4.78 is 5.62. The molecule has 0 aliphatic rings. The summed E-state index contributed by atoms with van der Waals surface area (Å²) in [5, 5.41) is 5.65. The zero-order valence-electron chi connectivity index (χ0n) is 15.5. The van der Waals surface area contributed by atoms with Gasteiger partial charge >= 0.3 is 0 Å². The minimum atomic E-state index is -0.196. The molecule has 5 heteroatoms. The van der Waals surface area contributed by atoms with Gasteiger partial charge in [-0.15, -0.1) is 0 Å². The van der Waals surface area contributed by atoms with Gasteiger partial charge in [0.05, 0.1) is 17.9 Å². The van der Waals surface area contributed by atoms with E-state index in [1.54, 1.807) is 24.3 Å². The summed E-state index contributed by atoms with van der Waals surface area (Å²) in [6.45, 7) is 6.28. The van der Waals surface area contributed by atoms with E-state index >= 15 is 0 Å². The maximum atomic E-state index is 12.2. The number of ether oxygens (including phenoxy) is 1. The van der Waals surface area contributed by atoms with Crippen LogP contribution < -0.4 is 15.4 Å². The summed E-state index contributed by atoms with van der Waals surface area (Å²) in [7, 11) is 0. The third-order valence-electron chi connectivity index (χ3n) is 3.70. The van der Waals surface area contributed by atoms with Crippen molar-refractivity contribution in [2.75, 3.05) is 11.9 Å². The maximum Gasteiger partial charge on any atom is 0.253 e. The molecule has 2 rings (SSSR count). The normalized spacial score (nSPS) is 10.5. The molecule has 2 aromatic rings. The molecule has 0 bridgehead atoms. The zero-order chi connectivity index (χ0) is 18.9. The van der Waals surface area contributed by atoms with E-state index in [1.165, 1.54) is 5.56 Å². The highest BCUT2D eigenvalue weighted by molar-refractivity contribution is 6.03. The molecule has 0 saturated carbocycles. The van der Waals surface area contributed by atoms with Crippen LogP contribution in [0, 0.1) is 6.92 Å². The highest BCUT2D eigenvalue weighted by Gasteiger charge is 2.13. The molecule has 0 aliphatic heterocycles. The Morgan fingerprint density at radius 3 is 2.42 bits per heavy atom. The van der Waals surface area contributed by atoms with E-state index in [1.807, 2.05) is 45.0 Å². The molecule has 2 amide bonds. The van der Waals surface area contributed by atoms with Crippen LogP contribution in [0.1, 0.15) is 42.6 Å². The van der Waals surface area contributed by atoms with Crippen LogP contribution in [0.5, 0.6) is 5.75 Å². The van der Waals surface area contributed by atoms with E-state index in [0.717, 1.165) is 5.75 Å². The number of aryl methyl sites for hydroxylation is 1. The number of benzene rings is 2. The lowest BCUT2D eigenvalue weighted by atomic mass is 10.1. The van der Waals surface area contributed by atoms with E-state index < -0.39 is 0 Å². The van der Waals surface area contributed by atoms with Crippen LogP contribution in [0.25, 0.3) is 0 Å². The van der Waals surface area contributed by atoms with Crippen molar-refractivity contribution in [2.45, 2.75) is 39.7 Å². The molecule has 0 heterocycles. The lowest BCUT2D eigenvalue weighted by Gasteiger charge is -2.13. The van der Waals surface area contributed by atoms with Crippen molar-refractivity contribution < 1.29 is 14.3 Å². The topological polar surface area (TPSA) is 67.4 Å². The van der Waals surface area contributed by atoms with Crippen LogP contribution in [0.15, 0.2) is 48.5 Å². The first-order valence-electron chi connectivity index (χ1n) is 8.85. The van der Waals surface area contributed by atoms with E-state index in [2.05, 4.69) is 10.6 Å². The van der Waals surface area contributed by atoms with Crippen molar-refractivity contribution in [3.05, 3.63) is 59.7 Å². The quantitative estimate of drug-likeness (QED) is 0.706. The number of carbonyl (C=O) groups is 2. The predicted molar refractivity (Wildman–Crippen MR) is 104 cm³/mol. The van der Waals surface area contributed by atoms with Gasteiger partial charge in [-0.05, 0) is 51.5 Å². The minimum Gasteiger partial charge on any atom is -0.494 e. The highest BCUT2D eigenvalue weighted by atomic mass is 16.5. The zero-order valence-corrected chi connectivity index (χ0v) is 15.5. The molecule has 5 nitrogen and oxygen atoms in total. The molecule has 0 saturated heterocycles. The number of hydrogen-bond donors (Lipinski definition) is 2. The van der Waals surface area contributed by atoms with Crippen molar-refractivity contribution >= 4 is 17.5 Å². The third-order valence-corrected chi connectivity index (χ3v) is 3.70. The first-order valence-corrected chi connectivity index (χ1v) is 8.85. The van der Waals surface area contributed by atoms with Gasteiger partial charge in [0.2, 0.25) is 5.91 Å². The summed E-state index contributed by atoms with van der Waals surface area (Å²) in [4.78, 5) is 24.4. The number of rotatable bonds is 8. The fourth-order valence-corrected chi connectivity index (χ4v) is 2.40. The molecule has 26 heavy (non-hydrogen) atoms. The Kier molecular flexibility index (Phi) is 7.21. The Morgan fingerprint density at radius 2 is 1.73 bits per heavy atom. The van der Waals surface area contributed by atoms with Crippen molar-refractivity contribution in [1.29, 1.82) is 0 Å². The van der Waals surface area contributed by atoms with Crippen molar-refractivity contribution in [1.82, 2.24) is 5.32 Å². The maximum absolute atomic E-state index is 12.2. The molecular formula is C21H26N2O3. The first kappa shape index (κ1) is 19.5. The number of amides is 2. The molecule has 0 aromatic heterocycles. The Hall–Kier alpha value is -2.82. The number of carbonyl (C=O) groups excluding carboxylic acids is 2. The van der Waals surface area contributed by atoms with Crippen LogP contribution in [0.3, 0.4) is 0 Å². The van der Waals surface area contributed by atoms with Gasteiger partial charge in [0, 0.05) is 12.5 Å². The van der Waals surface area contributed by atoms with Crippen molar-refractivity contribution in [3.63, 3.8) is 0 Å². The molecule has 0 spiro atoms. The van der Waals surface area contributed by atoms with Gasteiger partial charge < -0.3 is 15.4 Å². The minimum absolute atomic E-state index is 0.0326. The fraction of sp³-hybridized carbons (Fsp3) is 0.333. The van der Waals surface area contributed by atoms with Crippen LogP contribution >= 0.6 is 0 Å². The summed E-state index contributed by atoms with van der Waals surface area (Å²) >= 11 is 0. The first-order chi connectivity index (χ1) is 12.5. The molecule has 0 atom stereocenters. The number of hydrogen-bond acceptors (Lipinski definition) is 3. The number of para-hydroxylation sites is 1. The molecule has 0 aliphatic carbocycles. The van der Waals surface area contributed by atoms with Gasteiger partial charge in [0.15, 0.2) is 0 Å². The smallest absolute Gasteiger partial charge is 0.253 e. The number of nitrogens with one attached hydrogen (secondary N) is 2. The summed E-state index contributed by atoms with van der Waals surface area (Å²) in [6, 6.07) is 14.8. The molecular weight excluding hydrogens is 328 g/mol. The molecule has 0 radical (unpaired) electrons. The lowest BCUT2D eigenvalue weighted by molar-refractivity contribution is -0.116. The summed E-state index contributed by atoms with van der Waals surface area (Å²) in [6.07, 6.45) is 0.923. The van der Waals surface area contributed by atoms with Gasteiger partial charge in [-0.3, -0.25) is 9.59 Å². The second-order valence-electron chi connectivity index (χ2n) is 6.49. The molecule has 0 fully saturated rings. The molecule has 138 valence electrons. The van der Waals surface area contributed by atoms with E-state index in [-0.39, 0.29) is 17.9 Å². The van der Waals surface area contributed by atoms with Gasteiger partial charge in [0.25, 0.3) is 5.91 Å². The molecule has 2 aromatic carbocycles. The Bertz CT molecular complexity index is 739. The standard InChI is InChI=1S/C21H26N2O3/c1-15(2)22-21(25)18-7-4-5-8-19(18)23-20(24)9-6-14-26-17-12-10-16(3)11-13-17/h4-5,7-8,10-13,15H,6,9,14H2,1-3H3,(H,22,25)(H,23,24). The summed E-state index contributed by atoms with van der Waals surface area (Å²) in [5.41, 5.74) is 2.16. The molecule has 0 unspecified atom stereocenters. The number of anilines is 1. The lowest BCUT2D eigenvalue weighted by Crippen LogP contribution is -2.31. The Morgan fingerprint density at radius 1 is 1.04 bits per heavy atom. The average Bonchev–Trinajstić information content (AvgIpc) is 2.60. The summed E-state index contributed by atoms with van der Waals surface area (Å²) in [5.74, 6) is 0.465. The van der Waals surface area contributed by atoms with Gasteiger partial charge in [-0.1, -0.05) is 29.8 Å². The van der Waals surface area contributed by atoms with Crippen LogP contribution in [0.4, 0.5) is 5.69 Å².